The number of aryl methyl sites for hydroxylation is 1. The maximum atomic E-state index is 4.48. The van der Waals surface area contributed by atoms with Crippen molar-refractivity contribution in [2.24, 2.45) is 0 Å². The lowest BCUT2D eigenvalue weighted by Crippen LogP contribution is -2.17. The molecule has 18 heavy (non-hydrogen) atoms. The molecule has 0 aromatic carbocycles. The third kappa shape index (κ3) is 2.09. The van der Waals surface area contributed by atoms with Gasteiger partial charge in [0.1, 0.15) is 22.0 Å². The highest BCUT2D eigenvalue weighted by atomic mass is 32.1. The number of nitrogens with zero attached hydrogens (tertiary/aromatic N) is 4. The Balaban J connectivity index is 1.92. The molecule has 0 saturated carbocycles. The normalized spacial score (nSPS) is 11.0. The Morgan fingerprint density at radius 3 is 2.94 bits per heavy atom. The van der Waals surface area contributed by atoms with Gasteiger partial charge in [0, 0.05) is 18.1 Å². The van der Waals surface area contributed by atoms with Crippen LogP contribution in [0.5, 0.6) is 0 Å². The van der Waals surface area contributed by atoms with Crippen molar-refractivity contribution < 1.29 is 0 Å². The van der Waals surface area contributed by atoms with Crippen molar-refractivity contribution in [3.8, 4) is 0 Å². The van der Waals surface area contributed by atoms with Gasteiger partial charge in [-0.05, 0) is 18.4 Å². The van der Waals surface area contributed by atoms with E-state index in [2.05, 4.69) is 31.3 Å². The van der Waals surface area contributed by atoms with E-state index < -0.39 is 0 Å². The first-order valence-electron chi connectivity index (χ1n) is 5.54. The van der Waals surface area contributed by atoms with E-state index in [1.54, 1.807) is 29.0 Å². The fraction of sp³-hybridized carbons (Fsp3) is 0.250. The maximum Gasteiger partial charge on any atom is 0.140 e. The Hall–Kier alpha value is -1.53. The smallest absolute Gasteiger partial charge is 0.140 e. The second-order valence-corrected chi connectivity index (χ2v) is 5.91. The molecule has 0 aliphatic rings. The van der Waals surface area contributed by atoms with Gasteiger partial charge in [-0.1, -0.05) is 0 Å². The Labute approximate surface area is 113 Å². The molecule has 0 radical (unpaired) electrons. The summed E-state index contributed by atoms with van der Waals surface area (Å²) in [5.41, 5.74) is 1.08. The molecule has 0 unspecified atom stereocenters. The summed E-state index contributed by atoms with van der Waals surface area (Å²) in [6.45, 7) is 2.79. The van der Waals surface area contributed by atoms with Crippen molar-refractivity contribution in [1.29, 1.82) is 0 Å². The van der Waals surface area contributed by atoms with Gasteiger partial charge in [0.05, 0.1) is 11.9 Å². The van der Waals surface area contributed by atoms with Crippen LogP contribution in [-0.4, -0.2) is 22.0 Å². The van der Waals surface area contributed by atoms with Gasteiger partial charge in [-0.3, -0.25) is 0 Å². The molecule has 3 aromatic heterocycles. The summed E-state index contributed by atoms with van der Waals surface area (Å²) in [4.78, 5) is 16.3. The lowest BCUT2D eigenvalue weighted by atomic mass is 10.3. The average molecular weight is 276 g/mol. The lowest BCUT2D eigenvalue weighted by Gasteiger charge is -2.17. The summed E-state index contributed by atoms with van der Waals surface area (Å²) in [5, 5.41) is 6.34. The average Bonchev–Trinajstić information content (AvgIpc) is 2.97. The predicted molar refractivity (Wildman–Crippen MR) is 76.4 cm³/mol. The maximum absolute atomic E-state index is 4.48. The van der Waals surface area contributed by atoms with Crippen molar-refractivity contribution in [3.63, 3.8) is 0 Å². The van der Waals surface area contributed by atoms with Crippen LogP contribution in [0.25, 0.3) is 10.2 Å². The zero-order chi connectivity index (χ0) is 12.5. The van der Waals surface area contributed by atoms with E-state index in [-0.39, 0.29) is 0 Å². The minimum atomic E-state index is 0.778. The molecular weight excluding hydrogens is 264 g/mol. The van der Waals surface area contributed by atoms with E-state index in [0.717, 1.165) is 33.3 Å². The molecule has 3 rings (SSSR count). The van der Waals surface area contributed by atoms with Crippen LogP contribution in [0.3, 0.4) is 0 Å². The topological polar surface area (TPSA) is 41.9 Å². The molecule has 3 aromatic rings. The Morgan fingerprint density at radius 1 is 1.28 bits per heavy atom. The monoisotopic (exact) mass is 276 g/mol. The molecule has 3 heterocycles. The van der Waals surface area contributed by atoms with E-state index in [0.29, 0.717) is 0 Å². The summed E-state index contributed by atoms with van der Waals surface area (Å²) in [6, 6.07) is 2.07. The standard InChI is InChI=1S/C12H12N4S2/c1-8-6-18-10(15-8)5-16(2)11-9-3-4-17-12(9)14-7-13-11/h3-4,6-7H,5H2,1-2H3. The molecular formula is C12H12N4S2. The van der Waals surface area contributed by atoms with E-state index in [4.69, 9.17) is 0 Å². The minimum Gasteiger partial charge on any atom is -0.352 e. The number of rotatable bonds is 3. The molecule has 0 atom stereocenters. The number of hydrogen-bond donors (Lipinski definition) is 0. The molecule has 0 amide bonds. The van der Waals surface area contributed by atoms with Crippen molar-refractivity contribution in [2.45, 2.75) is 13.5 Å². The van der Waals surface area contributed by atoms with Crippen LogP contribution < -0.4 is 4.90 Å². The number of aromatic nitrogens is 3. The van der Waals surface area contributed by atoms with E-state index in [1.165, 1.54) is 0 Å². The molecule has 6 heteroatoms. The molecule has 0 fully saturated rings. The summed E-state index contributed by atoms with van der Waals surface area (Å²) < 4.78 is 0. The third-order valence-corrected chi connectivity index (χ3v) is 4.41. The van der Waals surface area contributed by atoms with Gasteiger partial charge in [-0.25, -0.2) is 15.0 Å². The van der Waals surface area contributed by atoms with Crippen LogP contribution in [0, 0.1) is 6.92 Å². The Kier molecular flexibility index (Phi) is 2.97. The first-order chi connectivity index (χ1) is 8.74. The third-order valence-electron chi connectivity index (χ3n) is 2.64. The number of fused-ring (bicyclic) bond motifs is 1. The first kappa shape index (κ1) is 11.6. The van der Waals surface area contributed by atoms with Crippen molar-refractivity contribution >= 4 is 38.7 Å². The SMILES string of the molecule is Cc1csc(CN(C)c2ncnc3sccc23)n1. The van der Waals surface area contributed by atoms with E-state index in [1.807, 2.05) is 19.4 Å². The van der Waals surface area contributed by atoms with Gasteiger partial charge in [0.2, 0.25) is 0 Å². The zero-order valence-corrected chi connectivity index (χ0v) is 11.8. The molecule has 0 N–H and O–H groups in total. The summed E-state index contributed by atoms with van der Waals surface area (Å²) >= 11 is 3.32. The fourth-order valence-corrected chi connectivity index (χ4v) is 3.39. The van der Waals surface area contributed by atoms with Crippen molar-refractivity contribution in [1.82, 2.24) is 15.0 Å². The minimum absolute atomic E-state index is 0.778. The molecule has 0 spiro atoms. The van der Waals surface area contributed by atoms with Crippen molar-refractivity contribution in [2.75, 3.05) is 11.9 Å². The van der Waals surface area contributed by atoms with Gasteiger partial charge in [-0.2, -0.15) is 0 Å². The second kappa shape index (κ2) is 4.62. The molecule has 4 nitrogen and oxygen atoms in total. The largest absolute Gasteiger partial charge is 0.352 e. The fourth-order valence-electron chi connectivity index (χ4n) is 1.83. The van der Waals surface area contributed by atoms with Crippen LogP contribution in [0.1, 0.15) is 10.7 Å². The second-order valence-electron chi connectivity index (χ2n) is 4.08. The zero-order valence-electron chi connectivity index (χ0n) is 10.1. The number of anilines is 1. The molecule has 0 saturated heterocycles. The summed E-state index contributed by atoms with van der Waals surface area (Å²) in [6.07, 6.45) is 1.62. The molecule has 0 aliphatic heterocycles. The van der Waals surface area contributed by atoms with Gasteiger partial charge in [-0.15, -0.1) is 22.7 Å². The van der Waals surface area contributed by atoms with Crippen LogP contribution >= 0.6 is 22.7 Å². The highest BCUT2D eigenvalue weighted by Gasteiger charge is 2.11. The first-order valence-corrected chi connectivity index (χ1v) is 7.30. The van der Waals surface area contributed by atoms with Crippen molar-refractivity contribution in [3.05, 3.63) is 33.9 Å². The van der Waals surface area contributed by atoms with Crippen LogP contribution in [-0.2, 0) is 6.54 Å². The van der Waals surface area contributed by atoms with Crippen LogP contribution in [0.15, 0.2) is 23.2 Å². The molecule has 92 valence electrons. The highest BCUT2D eigenvalue weighted by Crippen LogP contribution is 2.27. The van der Waals surface area contributed by atoms with Gasteiger partial charge in [0.15, 0.2) is 0 Å². The van der Waals surface area contributed by atoms with Gasteiger partial charge < -0.3 is 4.90 Å². The van der Waals surface area contributed by atoms with Gasteiger partial charge in [0.25, 0.3) is 0 Å². The molecule has 0 bridgehead atoms. The Morgan fingerprint density at radius 2 is 2.17 bits per heavy atom. The Bertz CT molecular complexity index is 673. The van der Waals surface area contributed by atoms with E-state index >= 15 is 0 Å². The number of thiophene rings is 1. The highest BCUT2D eigenvalue weighted by molar-refractivity contribution is 7.16. The van der Waals surface area contributed by atoms with Crippen LogP contribution in [0.4, 0.5) is 5.82 Å². The number of hydrogen-bond acceptors (Lipinski definition) is 6. The summed E-state index contributed by atoms with van der Waals surface area (Å²) in [5.74, 6) is 0.967. The quantitative estimate of drug-likeness (QED) is 0.737. The summed E-state index contributed by atoms with van der Waals surface area (Å²) in [7, 11) is 2.04. The molecule has 0 aliphatic carbocycles. The van der Waals surface area contributed by atoms with E-state index in [9.17, 15) is 0 Å². The number of thiazole rings is 1. The lowest BCUT2D eigenvalue weighted by molar-refractivity contribution is 0.886. The predicted octanol–water partition coefficient (Wildman–Crippen LogP) is 3.09. The van der Waals surface area contributed by atoms with Gasteiger partial charge >= 0.3 is 0 Å². The van der Waals surface area contributed by atoms with Crippen LogP contribution in [0.2, 0.25) is 0 Å².